The van der Waals surface area contributed by atoms with Crippen molar-refractivity contribution >= 4 is 12.0 Å². The highest BCUT2D eigenvalue weighted by Gasteiger charge is 2.01. The summed E-state index contributed by atoms with van der Waals surface area (Å²) in [7, 11) is 0. The van der Waals surface area contributed by atoms with Gasteiger partial charge in [-0.3, -0.25) is 4.79 Å². The van der Waals surface area contributed by atoms with Crippen LogP contribution in [-0.4, -0.2) is 12.6 Å². The zero-order valence-corrected chi connectivity index (χ0v) is 8.87. The van der Waals surface area contributed by atoms with Crippen LogP contribution in [0.1, 0.15) is 18.9 Å². The summed E-state index contributed by atoms with van der Waals surface area (Å²) in [6.07, 6.45) is 2.84. The first-order valence-corrected chi connectivity index (χ1v) is 4.90. The molecule has 0 spiro atoms. The van der Waals surface area contributed by atoms with Crippen molar-refractivity contribution in [3.63, 3.8) is 0 Å². The Morgan fingerprint density at radius 3 is 2.88 bits per heavy atom. The maximum Gasteiger partial charge on any atom is 0.309 e. The van der Waals surface area contributed by atoms with Gasteiger partial charge in [-0.05, 0) is 25.1 Å². The molecule has 0 aliphatic carbocycles. The van der Waals surface area contributed by atoms with Gasteiger partial charge in [0.25, 0.3) is 0 Å². The molecular formula is C12H12F2O2. The first-order valence-electron chi connectivity index (χ1n) is 4.90. The van der Waals surface area contributed by atoms with Crippen molar-refractivity contribution in [1.29, 1.82) is 0 Å². The van der Waals surface area contributed by atoms with E-state index in [4.69, 9.17) is 0 Å². The summed E-state index contributed by atoms with van der Waals surface area (Å²) in [5, 5.41) is 0. The van der Waals surface area contributed by atoms with Crippen molar-refractivity contribution in [2.45, 2.75) is 13.3 Å². The minimum atomic E-state index is -0.526. The first kappa shape index (κ1) is 12.4. The normalized spacial score (nSPS) is 10.7. The van der Waals surface area contributed by atoms with Crippen LogP contribution >= 0.6 is 0 Å². The second-order valence-electron chi connectivity index (χ2n) is 3.08. The number of hydrogen-bond donors (Lipinski definition) is 0. The van der Waals surface area contributed by atoms with E-state index in [0.29, 0.717) is 6.61 Å². The number of rotatable bonds is 4. The minimum absolute atomic E-state index is 0.0454. The summed E-state index contributed by atoms with van der Waals surface area (Å²) in [4.78, 5) is 10.9. The van der Waals surface area contributed by atoms with Gasteiger partial charge in [0.05, 0.1) is 13.0 Å². The van der Waals surface area contributed by atoms with E-state index in [1.165, 1.54) is 12.2 Å². The summed E-state index contributed by atoms with van der Waals surface area (Å²) in [6.45, 7) is 2.01. The predicted octanol–water partition coefficient (Wildman–Crippen LogP) is 2.93. The molecule has 0 saturated carbocycles. The Bertz CT molecular complexity index is 400. The van der Waals surface area contributed by atoms with Crippen LogP contribution in [-0.2, 0) is 9.53 Å². The lowest BCUT2D eigenvalue weighted by Gasteiger charge is -1.98. The number of halogens is 2. The largest absolute Gasteiger partial charge is 0.466 e. The Balaban J connectivity index is 2.62. The molecule has 86 valence electrons. The summed E-state index contributed by atoms with van der Waals surface area (Å²) < 4.78 is 30.5. The zero-order chi connectivity index (χ0) is 12.0. The van der Waals surface area contributed by atoms with Gasteiger partial charge >= 0.3 is 5.97 Å². The number of carbonyl (C=O) groups is 1. The van der Waals surface area contributed by atoms with Crippen LogP contribution in [0.5, 0.6) is 0 Å². The topological polar surface area (TPSA) is 26.3 Å². The third-order valence-corrected chi connectivity index (χ3v) is 1.85. The molecule has 1 rings (SSSR count). The molecule has 0 atom stereocenters. The molecule has 16 heavy (non-hydrogen) atoms. The highest BCUT2D eigenvalue weighted by atomic mass is 19.1. The van der Waals surface area contributed by atoms with Crippen molar-refractivity contribution in [1.82, 2.24) is 0 Å². The van der Waals surface area contributed by atoms with Crippen LogP contribution < -0.4 is 0 Å². The number of benzene rings is 1. The fourth-order valence-electron chi connectivity index (χ4n) is 1.14. The molecule has 0 amide bonds. The smallest absolute Gasteiger partial charge is 0.309 e. The summed E-state index contributed by atoms with van der Waals surface area (Å²) in [6, 6.07) is 3.15. The van der Waals surface area contributed by atoms with E-state index in [-0.39, 0.29) is 12.0 Å². The third kappa shape index (κ3) is 3.81. The fraction of sp³-hybridized carbons (Fsp3) is 0.250. The van der Waals surface area contributed by atoms with Gasteiger partial charge in [0, 0.05) is 5.56 Å². The second-order valence-corrected chi connectivity index (χ2v) is 3.08. The third-order valence-electron chi connectivity index (χ3n) is 1.85. The van der Waals surface area contributed by atoms with Crippen molar-refractivity contribution < 1.29 is 18.3 Å². The van der Waals surface area contributed by atoms with Crippen molar-refractivity contribution in [2.24, 2.45) is 0 Å². The average molecular weight is 226 g/mol. The van der Waals surface area contributed by atoms with Gasteiger partial charge < -0.3 is 4.74 Å². The molecule has 0 aromatic heterocycles. The SMILES string of the molecule is CCOC(=O)CC=Cc1cc(F)ccc1F. The van der Waals surface area contributed by atoms with Gasteiger partial charge in [0.2, 0.25) is 0 Å². The molecular weight excluding hydrogens is 214 g/mol. The Morgan fingerprint density at radius 2 is 2.19 bits per heavy atom. The van der Waals surface area contributed by atoms with E-state index in [1.807, 2.05) is 0 Å². The van der Waals surface area contributed by atoms with E-state index in [9.17, 15) is 13.6 Å². The van der Waals surface area contributed by atoms with E-state index < -0.39 is 17.6 Å². The molecule has 1 aromatic carbocycles. The molecule has 0 fully saturated rings. The standard InChI is InChI=1S/C12H12F2O2/c1-2-16-12(15)5-3-4-9-8-10(13)6-7-11(9)14/h3-4,6-8H,2,5H2,1H3. The van der Waals surface area contributed by atoms with Crippen LogP contribution in [0.2, 0.25) is 0 Å². The van der Waals surface area contributed by atoms with E-state index in [1.54, 1.807) is 6.92 Å². The van der Waals surface area contributed by atoms with Crippen molar-refractivity contribution in [3.8, 4) is 0 Å². The highest BCUT2D eigenvalue weighted by molar-refractivity contribution is 5.72. The second kappa shape index (κ2) is 6.00. The Labute approximate surface area is 92.5 Å². The summed E-state index contributed by atoms with van der Waals surface area (Å²) >= 11 is 0. The first-order chi connectivity index (χ1) is 7.63. The molecule has 0 unspecified atom stereocenters. The fourth-order valence-corrected chi connectivity index (χ4v) is 1.14. The molecule has 4 heteroatoms. The van der Waals surface area contributed by atoms with E-state index >= 15 is 0 Å². The number of esters is 1. The van der Waals surface area contributed by atoms with Gasteiger partial charge in [-0.2, -0.15) is 0 Å². The Kier molecular flexibility index (Phi) is 4.64. The van der Waals surface area contributed by atoms with Gasteiger partial charge in [-0.1, -0.05) is 12.2 Å². The number of carbonyl (C=O) groups excluding carboxylic acids is 1. The molecule has 0 bridgehead atoms. The molecule has 0 saturated heterocycles. The minimum Gasteiger partial charge on any atom is -0.466 e. The van der Waals surface area contributed by atoms with Gasteiger partial charge in [0.1, 0.15) is 11.6 Å². The average Bonchev–Trinajstić information content (AvgIpc) is 2.23. The lowest BCUT2D eigenvalue weighted by Crippen LogP contribution is -2.01. The maximum absolute atomic E-state index is 13.1. The predicted molar refractivity (Wildman–Crippen MR) is 56.6 cm³/mol. The Hall–Kier alpha value is -1.71. The van der Waals surface area contributed by atoms with Gasteiger partial charge in [0.15, 0.2) is 0 Å². The maximum atomic E-state index is 13.1. The number of hydrogen-bond acceptors (Lipinski definition) is 2. The van der Waals surface area contributed by atoms with Crippen molar-refractivity contribution in [2.75, 3.05) is 6.61 Å². The van der Waals surface area contributed by atoms with Crippen LogP contribution in [0.4, 0.5) is 8.78 Å². The van der Waals surface area contributed by atoms with Gasteiger partial charge in [-0.15, -0.1) is 0 Å². The van der Waals surface area contributed by atoms with Gasteiger partial charge in [-0.25, -0.2) is 8.78 Å². The van der Waals surface area contributed by atoms with E-state index in [2.05, 4.69) is 4.74 Å². The van der Waals surface area contributed by atoms with Crippen molar-refractivity contribution in [3.05, 3.63) is 41.5 Å². The lowest BCUT2D eigenvalue weighted by molar-refractivity contribution is -0.142. The summed E-state index contributed by atoms with van der Waals surface area (Å²) in [5.41, 5.74) is 0.115. The van der Waals surface area contributed by atoms with Crippen LogP contribution in [0.25, 0.3) is 6.08 Å². The molecule has 0 N–H and O–H groups in total. The molecule has 1 aromatic rings. The summed E-state index contributed by atoms with van der Waals surface area (Å²) in [5.74, 6) is -1.44. The van der Waals surface area contributed by atoms with Crippen LogP contribution in [0.15, 0.2) is 24.3 Å². The monoisotopic (exact) mass is 226 g/mol. The van der Waals surface area contributed by atoms with Crippen LogP contribution in [0.3, 0.4) is 0 Å². The Morgan fingerprint density at radius 1 is 1.44 bits per heavy atom. The molecule has 0 radical (unpaired) electrons. The quantitative estimate of drug-likeness (QED) is 0.738. The highest BCUT2D eigenvalue weighted by Crippen LogP contribution is 2.11. The van der Waals surface area contributed by atoms with Crippen LogP contribution in [0, 0.1) is 11.6 Å². The number of ether oxygens (including phenoxy) is 1. The lowest BCUT2D eigenvalue weighted by atomic mass is 10.2. The zero-order valence-electron chi connectivity index (χ0n) is 8.87. The molecule has 0 aliphatic heterocycles. The molecule has 0 heterocycles. The molecule has 0 aliphatic rings. The molecule has 2 nitrogen and oxygen atoms in total. The van der Waals surface area contributed by atoms with E-state index in [0.717, 1.165) is 18.2 Å².